The standard InChI is InChI=1S/C21H20N2O5/c1-14(15-6-3-2-4-7-15)23-12-16(10-20(23)24)21(25)27-13-17-11-19(28-22-17)18-8-5-9-26-18/h2-9,11,14,16H,10,12-13H2,1H3/t14-,16-/m1/s1. The molecule has 2 atom stereocenters. The minimum absolute atomic E-state index is 0.0119. The lowest BCUT2D eigenvalue weighted by molar-refractivity contribution is -0.149. The Kier molecular flexibility index (Phi) is 4.97. The Balaban J connectivity index is 1.34. The third-order valence-electron chi connectivity index (χ3n) is 4.93. The van der Waals surface area contributed by atoms with Crippen LogP contribution in [0.15, 0.2) is 63.7 Å². The molecule has 0 aliphatic carbocycles. The largest absolute Gasteiger partial charge is 0.461 e. The van der Waals surface area contributed by atoms with E-state index >= 15 is 0 Å². The van der Waals surface area contributed by atoms with Crippen LogP contribution in [0.5, 0.6) is 0 Å². The number of rotatable bonds is 6. The highest BCUT2D eigenvalue weighted by atomic mass is 16.5. The van der Waals surface area contributed by atoms with Gasteiger partial charge in [0.25, 0.3) is 0 Å². The highest BCUT2D eigenvalue weighted by molar-refractivity contribution is 5.87. The summed E-state index contributed by atoms with van der Waals surface area (Å²) in [5, 5.41) is 3.88. The number of amides is 1. The van der Waals surface area contributed by atoms with Gasteiger partial charge in [-0.15, -0.1) is 0 Å². The number of aromatic nitrogens is 1. The summed E-state index contributed by atoms with van der Waals surface area (Å²) < 4.78 is 15.8. The van der Waals surface area contributed by atoms with Gasteiger partial charge in [-0.05, 0) is 24.6 Å². The Morgan fingerprint density at radius 3 is 2.82 bits per heavy atom. The summed E-state index contributed by atoms with van der Waals surface area (Å²) in [5.74, 6) is 0.0978. The van der Waals surface area contributed by atoms with Crippen LogP contribution in [-0.4, -0.2) is 28.5 Å². The minimum atomic E-state index is -0.477. The van der Waals surface area contributed by atoms with Gasteiger partial charge in [0, 0.05) is 19.0 Å². The monoisotopic (exact) mass is 380 g/mol. The predicted octanol–water partition coefficient (Wildman–Crippen LogP) is 3.59. The van der Waals surface area contributed by atoms with Crippen molar-refractivity contribution in [2.45, 2.75) is 26.0 Å². The van der Waals surface area contributed by atoms with E-state index in [0.29, 0.717) is 23.8 Å². The molecule has 3 heterocycles. The van der Waals surface area contributed by atoms with Crippen LogP contribution in [-0.2, 0) is 20.9 Å². The summed E-state index contributed by atoms with van der Waals surface area (Å²) >= 11 is 0. The van der Waals surface area contributed by atoms with E-state index in [4.69, 9.17) is 13.7 Å². The Bertz CT molecular complexity index is 948. The molecule has 0 N–H and O–H groups in total. The number of benzene rings is 1. The van der Waals surface area contributed by atoms with Gasteiger partial charge in [0.1, 0.15) is 12.3 Å². The number of furan rings is 1. The molecule has 144 valence electrons. The Labute approximate surface area is 161 Å². The van der Waals surface area contributed by atoms with Crippen LogP contribution >= 0.6 is 0 Å². The summed E-state index contributed by atoms with van der Waals surface area (Å²) in [6.45, 7) is 2.30. The number of carbonyl (C=O) groups excluding carboxylic acids is 2. The summed E-state index contributed by atoms with van der Waals surface area (Å²) in [5.41, 5.74) is 1.52. The maximum Gasteiger partial charge on any atom is 0.311 e. The molecule has 28 heavy (non-hydrogen) atoms. The molecule has 7 nitrogen and oxygen atoms in total. The zero-order valence-electron chi connectivity index (χ0n) is 15.4. The predicted molar refractivity (Wildman–Crippen MR) is 98.7 cm³/mol. The first-order valence-corrected chi connectivity index (χ1v) is 9.12. The number of hydrogen-bond donors (Lipinski definition) is 0. The van der Waals surface area contributed by atoms with Crippen LogP contribution in [0.1, 0.15) is 30.6 Å². The molecule has 4 rings (SSSR count). The third kappa shape index (κ3) is 3.69. The van der Waals surface area contributed by atoms with Gasteiger partial charge in [0.15, 0.2) is 5.76 Å². The van der Waals surface area contributed by atoms with Crippen molar-refractivity contribution in [2.24, 2.45) is 5.92 Å². The molecule has 2 aromatic heterocycles. The summed E-state index contributed by atoms with van der Waals surface area (Å²) in [4.78, 5) is 26.5. The smallest absolute Gasteiger partial charge is 0.311 e. The van der Waals surface area contributed by atoms with E-state index in [1.165, 1.54) is 6.26 Å². The Morgan fingerprint density at radius 2 is 2.07 bits per heavy atom. The van der Waals surface area contributed by atoms with Crippen LogP contribution in [0.4, 0.5) is 0 Å². The molecule has 0 spiro atoms. The SMILES string of the molecule is C[C@H](c1ccccc1)N1C[C@H](C(=O)OCc2cc(-c3ccco3)on2)CC1=O. The topological polar surface area (TPSA) is 85.8 Å². The summed E-state index contributed by atoms with van der Waals surface area (Å²) in [7, 11) is 0. The average Bonchev–Trinajstić information content (AvgIpc) is 3.46. The van der Waals surface area contributed by atoms with Crippen molar-refractivity contribution in [1.82, 2.24) is 10.1 Å². The van der Waals surface area contributed by atoms with Crippen LogP contribution in [0.3, 0.4) is 0 Å². The fraction of sp³-hybridized carbons (Fsp3) is 0.286. The van der Waals surface area contributed by atoms with Gasteiger partial charge >= 0.3 is 5.97 Å². The second-order valence-corrected chi connectivity index (χ2v) is 6.80. The first-order chi connectivity index (χ1) is 13.6. The van der Waals surface area contributed by atoms with Crippen molar-refractivity contribution in [1.29, 1.82) is 0 Å². The lowest BCUT2D eigenvalue weighted by atomic mass is 10.1. The van der Waals surface area contributed by atoms with E-state index in [1.54, 1.807) is 23.1 Å². The van der Waals surface area contributed by atoms with Crippen LogP contribution < -0.4 is 0 Å². The van der Waals surface area contributed by atoms with Crippen molar-refractivity contribution >= 4 is 11.9 Å². The van der Waals surface area contributed by atoms with Crippen LogP contribution in [0.2, 0.25) is 0 Å². The number of hydrogen-bond acceptors (Lipinski definition) is 6. The molecule has 1 fully saturated rings. The van der Waals surface area contributed by atoms with Crippen LogP contribution in [0.25, 0.3) is 11.5 Å². The second kappa shape index (κ2) is 7.72. The number of esters is 1. The molecular formula is C21H20N2O5. The van der Waals surface area contributed by atoms with E-state index in [1.807, 2.05) is 37.3 Å². The minimum Gasteiger partial charge on any atom is -0.461 e. The summed E-state index contributed by atoms with van der Waals surface area (Å²) in [6, 6.07) is 14.8. The van der Waals surface area contributed by atoms with Gasteiger partial charge in [-0.3, -0.25) is 9.59 Å². The van der Waals surface area contributed by atoms with Crippen molar-refractivity contribution in [3.8, 4) is 11.5 Å². The van der Waals surface area contributed by atoms with E-state index in [0.717, 1.165) is 5.56 Å². The first-order valence-electron chi connectivity index (χ1n) is 9.12. The molecule has 1 amide bonds. The molecule has 1 saturated heterocycles. The normalized spacial score (nSPS) is 17.7. The third-order valence-corrected chi connectivity index (χ3v) is 4.93. The van der Waals surface area contributed by atoms with E-state index in [-0.39, 0.29) is 25.0 Å². The van der Waals surface area contributed by atoms with E-state index < -0.39 is 11.9 Å². The average molecular weight is 380 g/mol. The molecular weight excluding hydrogens is 360 g/mol. The molecule has 1 aliphatic rings. The molecule has 1 aromatic carbocycles. The molecule has 1 aliphatic heterocycles. The van der Waals surface area contributed by atoms with E-state index in [9.17, 15) is 9.59 Å². The molecule has 3 aromatic rings. The molecule has 0 radical (unpaired) electrons. The van der Waals surface area contributed by atoms with Gasteiger partial charge in [-0.25, -0.2) is 0 Å². The van der Waals surface area contributed by atoms with Crippen molar-refractivity contribution in [3.05, 3.63) is 66.1 Å². The van der Waals surface area contributed by atoms with Crippen molar-refractivity contribution in [3.63, 3.8) is 0 Å². The van der Waals surface area contributed by atoms with Gasteiger partial charge < -0.3 is 18.6 Å². The summed E-state index contributed by atoms with van der Waals surface area (Å²) in [6.07, 6.45) is 1.70. The number of ether oxygens (including phenoxy) is 1. The van der Waals surface area contributed by atoms with Gasteiger partial charge in [0.2, 0.25) is 11.7 Å². The first kappa shape index (κ1) is 18.0. The number of carbonyl (C=O) groups is 2. The molecule has 0 saturated carbocycles. The van der Waals surface area contributed by atoms with Crippen LogP contribution in [0, 0.1) is 5.92 Å². The van der Waals surface area contributed by atoms with E-state index in [2.05, 4.69) is 5.16 Å². The fourth-order valence-corrected chi connectivity index (χ4v) is 3.35. The molecule has 0 bridgehead atoms. The zero-order chi connectivity index (χ0) is 19.5. The lowest BCUT2D eigenvalue weighted by Crippen LogP contribution is -2.29. The highest BCUT2D eigenvalue weighted by Crippen LogP contribution is 2.29. The number of likely N-dealkylation sites (tertiary alicyclic amines) is 1. The Morgan fingerprint density at radius 1 is 1.25 bits per heavy atom. The van der Waals surface area contributed by atoms with Crippen molar-refractivity contribution in [2.75, 3.05) is 6.54 Å². The quantitative estimate of drug-likeness (QED) is 0.608. The highest BCUT2D eigenvalue weighted by Gasteiger charge is 2.38. The molecule has 0 unspecified atom stereocenters. The van der Waals surface area contributed by atoms with Gasteiger partial charge in [-0.1, -0.05) is 35.5 Å². The van der Waals surface area contributed by atoms with Gasteiger partial charge in [-0.2, -0.15) is 0 Å². The zero-order valence-corrected chi connectivity index (χ0v) is 15.4. The second-order valence-electron chi connectivity index (χ2n) is 6.80. The maximum atomic E-state index is 12.4. The van der Waals surface area contributed by atoms with Gasteiger partial charge in [0.05, 0.1) is 18.2 Å². The number of nitrogens with zero attached hydrogens (tertiary/aromatic N) is 2. The maximum absolute atomic E-state index is 12.4. The molecule has 7 heteroatoms. The van der Waals surface area contributed by atoms with Crippen molar-refractivity contribution < 1.29 is 23.3 Å². The fourth-order valence-electron chi connectivity index (χ4n) is 3.35. The lowest BCUT2D eigenvalue weighted by Gasteiger charge is -2.25. The Hall–Kier alpha value is -3.35.